The van der Waals surface area contributed by atoms with Crippen LogP contribution in [0.15, 0.2) is 41.8 Å². The molecule has 0 aliphatic heterocycles. The van der Waals surface area contributed by atoms with Gasteiger partial charge in [-0.05, 0) is 37.8 Å². The number of nitrogens with one attached hydrogen (secondary N) is 2. The summed E-state index contributed by atoms with van der Waals surface area (Å²) in [6, 6.07) is 8.11. The number of anilines is 1. The van der Waals surface area contributed by atoms with Gasteiger partial charge in [0.1, 0.15) is 12.7 Å². The molecule has 1 fully saturated rings. The summed E-state index contributed by atoms with van der Waals surface area (Å²) in [6.07, 6.45) is 7.20. The Bertz CT molecular complexity index is 742. The molecule has 2 amide bonds. The van der Waals surface area contributed by atoms with Crippen LogP contribution in [0.25, 0.3) is 0 Å². The third-order valence-corrected chi connectivity index (χ3v) is 5.50. The molecule has 3 rings (SSSR count). The predicted molar refractivity (Wildman–Crippen MR) is 101 cm³/mol. The fourth-order valence-electron chi connectivity index (χ4n) is 3.19. The van der Waals surface area contributed by atoms with Crippen LogP contribution in [0.2, 0.25) is 0 Å². The van der Waals surface area contributed by atoms with E-state index in [0.29, 0.717) is 11.8 Å². The fraction of sp³-hybridized carbons (Fsp3) is 0.444. The number of thioether (sulfide) groups is 1. The molecule has 26 heavy (non-hydrogen) atoms. The van der Waals surface area contributed by atoms with Crippen LogP contribution in [-0.2, 0) is 9.59 Å². The monoisotopic (exact) mass is 373 g/mol. The molecule has 0 unspecified atom stereocenters. The average Bonchev–Trinajstić information content (AvgIpc) is 3.16. The minimum absolute atomic E-state index is 0.0248. The van der Waals surface area contributed by atoms with Gasteiger partial charge < -0.3 is 10.6 Å². The maximum atomic E-state index is 12.3. The zero-order chi connectivity index (χ0) is 18.4. The first kappa shape index (κ1) is 18.4. The van der Waals surface area contributed by atoms with Gasteiger partial charge in [-0.2, -0.15) is 5.10 Å². The van der Waals surface area contributed by atoms with E-state index in [4.69, 9.17) is 0 Å². The maximum Gasteiger partial charge on any atom is 0.230 e. The van der Waals surface area contributed by atoms with Crippen LogP contribution >= 0.6 is 11.8 Å². The largest absolute Gasteiger partial charge is 0.353 e. The van der Waals surface area contributed by atoms with Gasteiger partial charge in [-0.15, -0.1) is 11.8 Å². The summed E-state index contributed by atoms with van der Waals surface area (Å²) in [6.45, 7) is 1.48. The SMILES string of the molecule is CC(=O)Nc1ccccc1SCC(=O)NC1CCC(n2cncn2)CC1. The van der Waals surface area contributed by atoms with Gasteiger partial charge in [0.05, 0.1) is 17.5 Å². The van der Waals surface area contributed by atoms with Crippen molar-refractivity contribution in [3.63, 3.8) is 0 Å². The van der Waals surface area contributed by atoms with E-state index in [1.807, 2.05) is 28.9 Å². The van der Waals surface area contributed by atoms with E-state index in [9.17, 15) is 9.59 Å². The Kier molecular flexibility index (Phi) is 6.27. The highest BCUT2D eigenvalue weighted by molar-refractivity contribution is 8.00. The average molecular weight is 373 g/mol. The van der Waals surface area contributed by atoms with Gasteiger partial charge >= 0.3 is 0 Å². The topological polar surface area (TPSA) is 88.9 Å². The predicted octanol–water partition coefficient (Wildman–Crippen LogP) is 2.63. The molecule has 1 aliphatic rings. The first-order valence-electron chi connectivity index (χ1n) is 8.74. The fourth-order valence-corrected chi connectivity index (χ4v) is 4.01. The highest BCUT2D eigenvalue weighted by Gasteiger charge is 2.23. The second kappa shape index (κ2) is 8.84. The first-order valence-corrected chi connectivity index (χ1v) is 9.73. The number of para-hydroxylation sites is 1. The van der Waals surface area contributed by atoms with Crippen LogP contribution in [0, 0.1) is 0 Å². The summed E-state index contributed by atoms with van der Waals surface area (Å²) in [5.74, 6) is 0.239. The van der Waals surface area contributed by atoms with E-state index >= 15 is 0 Å². The number of hydrogen-bond acceptors (Lipinski definition) is 5. The first-order chi connectivity index (χ1) is 12.6. The van der Waals surface area contributed by atoms with Crippen LogP contribution in [-0.4, -0.2) is 38.4 Å². The van der Waals surface area contributed by atoms with E-state index < -0.39 is 0 Å². The summed E-state index contributed by atoms with van der Waals surface area (Å²) in [5, 5.41) is 10.1. The Labute approximate surface area is 157 Å². The lowest BCUT2D eigenvalue weighted by Gasteiger charge is -2.29. The highest BCUT2D eigenvalue weighted by Crippen LogP contribution is 2.29. The van der Waals surface area contributed by atoms with Crippen molar-refractivity contribution in [1.82, 2.24) is 20.1 Å². The van der Waals surface area contributed by atoms with Crippen molar-refractivity contribution in [2.45, 2.75) is 49.6 Å². The second-order valence-electron chi connectivity index (χ2n) is 6.41. The van der Waals surface area contributed by atoms with Gasteiger partial charge in [0.15, 0.2) is 0 Å². The lowest BCUT2D eigenvalue weighted by Crippen LogP contribution is -2.39. The number of carbonyl (C=O) groups is 2. The Morgan fingerprint density at radius 2 is 2.00 bits per heavy atom. The molecule has 0 saturated heterocycles. The summed E-state index contributed by atoms with van der Waals surface area (Å²) >= 11 is 1.44. The third kappa shape index (κ3) is 5.08. The molecule has 1 heterocycles. The van der Waals surface area contributed by atoms with E-state index in [1.165, 1.54) is 18.7 Å². The number of nitrogens with zero attached hydrogens (tertiary/aromatic N) is 3. The molecular formula is C18H23N5O2S. The summed E-state index contributed by atoms with van der Waals surface area (Å²) in [7, 11) is 0. The molecule has 0 radical (unpaired) electrons. The Morgan fingerprint density at radius 1 is 1.23 bits per heavy atom. The molecule has 1 aliphatic carbocycles. The van der Waals surface area contributed by atoms with Crippen molar-refractivity contribution < 1.29 is 9.59 Å². The molecule has 1 saturated carbocycles. The van der Waals surface area contributed by atoms with Crippen molar-refractivity contribution >= 4 is 29.3 Å². The molecular weight excluding hydrogens is 350 g/mol. The van der Waals surface area contributed by atoms with Gasteiger partial charge in [-0.3, -0.25) is 9.59 Å². The van der Waals surface area contributed by atoms with Crippen molar-refractivity contribution in [1.29, 1.82) is 0 Å². The number of carbonyl (C=O) groups excluding carboxylic acids is 2. The molecule has 0 spiro atoms. The van der Waals surface area contributed by atoms with Gasteiger partial charge in [0, 0.05) is 17.9 Å². The quantitative estimate of drug-likeness (QED) is 0.760. The van der Waals surface area contributed by atoms with Crippen molar-refractivity contribution in [2.24, 2.45) is 0 Å². The van der Waals surface area contributed by atoms with Crippen molar-refractivity contribution in [3.8, 4) is 0 Å². The molecule has 2 N–H and O–H groups in total. The van der Waals surface area contributed by atoms with Gasteiger partial charge in [0.2, 0.25) is 11.8 Å². The second-order valence-corrected chi connectivity index (χ2v) is 7.43. The standard InChI is InChI=1S/C18H23N5O2S/c1-13(24)21-16-4-2-3-5-17(16)26-10-18(25)22-14-6-8-15(9-7-14)23-12-19-11-20-23/h2-5,11-12,14-15H,6-10H2,1H3,(H,21,24)(H,22,25). The molecule has 0 bridgehead atoms. The summed E-state index contributed by atoms with van der Waals surface area (Å²) in [4.78, 5) is 28.4. The van der Waals surface area contributed by atoms with Gasteiger partial charge in [-0.25, -0.2) is 9.67 Å². The van der Waals surface area contributed by atoms with Crippen molar-refractivity contribution in [3.05, 3.63) is 36.9 Å². The Hall–Kier alpha value is -2.35. The van der Waals surface area contributed by atoms with Gasteiger partial charge in [-0.1, -0.05) is 12.1 Å². The molecule has 1 aromatic carbocycles. The van der Waals surface area contributed by atoms with E-state index in [1.54, 1.807) is 12.7 Å². The lowest BCUT2D eigenvalue weighted by atomic mass is 9.91. The number of benzene rings is 1. The lowest BCUT2D eigenvalue weighted by molar-refractivity contribution is -0.119. The van der Waals surface area contributed by atoms with E-state index in [0.717, 1.165) is 36.3 Å². The highest BCUT2D eigenvalue weighted by atomic mass is 32.2. The van der Waals surface area contributed by atoms with E-state index in [2.05, 4.69) is 20.7 Å². The molecule has 8 heteroatoms. The van der Waals surface area contributed by atoms with Crippen molar-refractivity contribution in [2.75, 3.05) is 11.1 Å². The number of hydrogen-bond donors (Lipinski definition) is 2. The van der Waals surface area contributed by atoms with Crippen LogP contribution in [0.5, 0.6) is 0 Å². The van der Waals surface area contributed by atoms with Crippen LogP contribution in [0.4, 0.5) is 5.69 Å². The normalized spacial score (nSPS) is 19.7. The van der Waals surface area contributed by atoms with Crippen LogP contribution in [0.3, 0.4) is 0 Å². The molecule has 138 valence electrons. The van der Waals surface area contributed by atoms with Crippen LogP contribution in [0.1, 0.15) is 38.6 Å². The molecule has 2 aromatic rings. The minimum Gasteiger partial charge on any atom is -0.353 e. The third-order valence-electron chi connectivity index (χ3n) is 4.43. The Balaban J connectivity index is 1.45. The number of aromatic nitrogens is 3. The molecule has 0 atom stereocenters. The summed E-state index contributed by atoms with van der Waals surface area (Å²) in [5.41, 5.74) is 0.742. The smallest absolute Gasteiger partial charge is 0.230 e. The number of amides is 2. The number of rotatable bonds is 6. The molecule has 7 nitrogen and oxygen atoms in total. The Morgan fingerprint density at radius 3 is 2.69 bits per heavy atom. The van der Waals surface area contributed by atoms with Gasteiger partial charge in [0.25, 0.3) is 0 Å². The van der Waals surface area contributed by atoms with Crippen LogP contribution < -0.4 is 10.6 Å². The maximum absolute atomic E-state index is 12.3. The zero-order valence-electron chi connectivity index (χ0n) is 14.7. The minimum atomic E-state index is -0.119. The summed E-state index contributed by atoms with van der Waals surface area (Å²) < 4.78 is 1.91. The molecule has 1 aromatic heterocycles. The zero-order valence-corrected chi connectivity index (χ0v) is 15.5. The van der Waals surface area contributed by atoms with E-state index in [-0.39, 0.29) is 17.9 Å².